The number of fused-ring (bicyclic) bond motifs is 1. The van der Waals surface area contributed by atoms with Crippen LogP contribution in [-0.2, 0) is 17.9 Å². The Morgan fingerprint density at radius 1 is 1.03 bits per heavy atom. The molecule has 150 valence electrons. The molecule has 0 aliphatic carbocycles. The molecule has 2 aromatic carbocycles. The Labute approximate surface area is 170 Å². The van der Waals surface area contributed by atoms with Crippen LogP contribution in [0.5, 0.6) is 0 Å². The second-order valence-corrected chi connectivity index (χ2v) is 7.66. The lowest BCUT2D eigenvalue weighted by molar-refractivity contribution is -0.133. The van der Waals surface area contributed by atoms with Gasteiger partial charge in [-0.2, -0.15) is 0 Å². The Morgan fingerprint density at radius 2 is 1.83 bits per heavy atom. The van der Waals surface area contributed by atoms with Crippen molar-refractivity contribution in [3.05, 3.63) is 76.3 Å². The highest BCUT2D eigenvalue weighted by atomic mass is 16.2. The number of piperazine rings is 1. The molecule has 4 rings (SSSR count). The second-order valence-electron chi connectivity index (χ2n) is 7.66. The molecule has 1 aliphatic heterocycles. The van der Waals surface area contributed by atoms with Crippen molar-refractivity contribution in [2.24, 2.45) is 0 Å². The topological polar surface area (TPSA) is 58.4 Å². The number of aryl methyl sites for hydroxylation is 2. The highest BCUT2D eigenvalue weighted by Crippen LogP contribution is 2.11. The number of carbonyl (C=O) groups is 1. The van der Waals surface area contributed by atoms with Gasteiger partial charge in [-0.25, -0.2) is 4.98 Å². The molecule has 0 atom stereocenters. The van der Waals surface area contributed by atoms with Crippen molar-refractivity contribution in [2.75, 3.05) is 26.2 Å². The molecule has 2 heterocycles. The number of amides is 1. The quantitative estimate of drug-likeness (QED) is 0.671. The predicted molar refractivity (Wildman–Crippen MR) is 114 cm³/mol. The van der Waals surface area contributed by atoms with Crippen molar-refractivity contribution in [2.45, 2.75) is 26.4 Å². The Balaban J connectivity index is 1.30. The third kappa shape index (κ3) is 4.54. The molecule has 1 amide bonds. The molecule has 0 radical (unpaired) electrons. The minimum absolute atomic E-state index is 0.0913. The number of hydrogen-bond donors (Lipinski definition) is 0. The summed E-state index contributed by atoms with van der Waals surface area (Å²) >= 11 is 0. The smallest absolute Gasteiger partial charge is 0.261 e. The van der Waals surface area contributed by atoms with Crippen molar-refractivity contribution in [1.29, 1.82) is 0 Å². The van der Waals surface area contributed by atoms with Crippen molar-refractivity contribution < 1.29 is 4.79 Å². The van der Waals surface area contributed by atoms with E-state index < -0.39 is 0 Å². The summed E-state index contributed by atoms with van der Waals surface area (Å²) in [5, 5.41) is 0.590. The standard InChI is InChI=1S/C23H26N4O2/c1-18-5-4-6-19(15-18)16-25-11-13-26(14-12-25)22(28)9-10-27-17-24-21-8-3-2-7-20(21)23(27)29/h2-8,15,17H,9-14,16H2,1H3. The van der Waals surface area contributed by atoms with Gasteiger partial charge in [0.25, 0.3) is 5.56 Å². The van der Waals surface area contributed by atoms with Gasteiger partial charge in [-0.1, -0.05) is 42.0 Å². The number of para-hydroxylation sites is 1. The third-order valence-electron chi connectivity index (χ3n) is 5.51. The molecule has 1 fully saturated rings. The van der Waals surface area contributed by atoms with E-state index in [-0.39, 0.29) is 11.5 Å². The van der Waals surface area contributed by atoms with Gasteiger partial charge < -0.3 is 4.90 Å². The van der Waals surface area contributed by atoms with Crippen LogP contribution in [0.4, 0.5) is 0 Å². The fourth-order valence-electron chi connectivity index (χ4n) is 3.86. The summed E-state index contributed by atoms with van der Waals surface area (Å²) in [6.07, 6.45) is 1.86. The molecule has 0 saturated carbocycles. The maximum absolute atomic E-state index is 12.6. The SMILES string of the molecule is Cc1cccc(CN2CCN(C(=O)CCn3cnc4ccccc4c3=O)CC2)c1. The van der Waals surface area contributed by atoms with Gasteiger partial charge in [-0.15, -0.1) is 0 Å². The van der Waals surface area contributed by atoms with E-state index >= 15 is 0 Å². The van der Waals surface area contributed by atoms with Gasteiger partial charge in [-0.05, 0) is 24.6 Å². The van der Waals surface area contributed by atoms with Gasteiger partial charge in [0.05, 0.1) is 17.2 Å². The zero-order valence-electron chi connectivity index (χ0n) is 16.8. The average molecular weight is 390 g/mol. The molecule has 3 aromatic rings. The van der Waals surface area contributed by atoms with Crippen molar-refractivity contribution in [3.8, 4) is 0 Å². The monoisotopic (exact) mass is 390 g/mol. The molecule has 1 saturated heterocycles. The minimum Gasteiger partial charge on any atom is -0.340 e. The Morgan fingerprint density at radius 3 is 2.62 bits per heavy atom. The lowest BCUT2D eigenvalue weighted by atomic mass is 10.1. The summed E-state index contributed by atoms with van der Waals surface area (Å²) in [5.41, 5.74) is 3.18. The van der Waals surface area contributed by atoms with Gasteiger partial charge in [0.1, 0.15) is 0 Å². The molecular weight excluding hydrogens is 364 g/mol. The summed E-state index contributed by atoms with van der Waals surface area (Å²) < 4.78 is 1.54. The minimum atomic E-state index is -0.0913. The fraction of sp³-hybridized carbons (Fsp3) is 0.348. The molecule has 0 spiro atoms. The van der Waals surface area contributed by atoms with E-state index in [1.54, 1.807) is 6.07 Å². The molecule has 0 N–H and O–H groups in total. The van der Waals surface area contributed by atoms with Crippen LogP contribution in [0.3, 0.4) is 0 Å². The summed E-state index contributed by atoms with van der Waals surface area (Å²) in [6.45, 7) is 6.59. The average Bonchev–Trinajstić information content (AvgIpc) is 2.74. The Bertz CT molecular complexity index is 1070. The van der Waals surface area contributed by atoms with Crippen LogP contribution in [0.1, 0.15) is 17.5 Å². The van der Waals surface area contributed by atoms with Crippen molar-refractivity contribution in [1.82, 2.24) is 19.4 Å². The third-order valence-corrected chi connectivity index (χ3v) is 5.51. The van der Waals surface area contributed by atoms with E-state index in [0.717, 1.165) is 32.7 Å². The maximum Gasteiger partial charge on any atom is 0.261 e. The van der Waals surface area contributed by atoms with E-state index in [0.29, 0.717) is 23.9 Å². The molecular formula is C23H26N4O2. The van der Waals surface area contributed by atoms with Gasteiger partial charge in [0.15, 0.2) is 0 Å². The number of hydrogen-bond acceptors (Lipinski definition) is 4. The lowest BCUT2D eigenvalue weighted by Gasteiger charge is -2.35. The van der Waals surface area contributed by atoms with Crippen LogP contribution in [0.25, 0.3) is 10.9 Å². The van der Waals surface area contributed by atoms with Crippen molar-refractivity contribution in [3.63, 3.8) is 0 Å². The van der Waals surface area contributed by atoms with Gasteiger partial charge >= 0.3 is 0 Å². The summed E-state index contributed by atoms with van der Waals surface area (Å²) in [7, 11) is 0. The summed E-state index contributed by atoms with van der Waals surface area (Å²) in [4.78, 5) is 33.8. The second kappa shape index (κ2) is 8.57. The molecule has 0 unspecified atom stereocenters. The fourth-order valence-corrected chi connectivity index (χ4v) is 3.86. The Kier molecular flexibility index (Phi) is 5.71. The largest absolute Gasteiger partial charge is 0.340 e. The highest BCUT2D eigenvalue weighted by molar-refractivity contribution is 5.77. The first-order valence-electron chi connectivity index (χ1n) is 10.1. The predicted octanol–water partition coefficient (Wildman–Crippen LogP) is 2.44. The number of nitrogens with zero attached hydrogens (tertiary/aromatic N) is 4. The first kappa shape index (κ1) is 19.3. The molecule has 29 heavy (non-hydrogen) atoms. The maximum atomic E-state index is 12.6. The normalized spacial score (nSPS) is 15.0. The van der Waals surface area contributed by atoms with Crippen molar-refractivity contribution >= 4 is 16.8 Å². The van der Waals surface area contributed by atoms with E-state index in [2.05, 4.69) is 41.1 Å². The van der Waals surface area contributed by atoms with Crippen LogP contribution in [-0.4, -0.2) is 51.4 Å². The van der Waals surface area contributed by atoms with Crippen LogP contribution in [0.2, 0.25) is 0 Å². The van der Waals surface area contributed by atoms with Gasteiger partial charge in [0.2, 0.25) is 5.91 Å². The van der Waals surface area contributed by atoms with E-state index in [1.165, 1.54) is 22.0 Å². The summed E-state index contributed by atoms with van der Waals surface area (Å²) in [6, 6.07) is 15.9. The van der Waals surface area contributed by atoms with Gasteiger partial charge in [-0.3, -0.25) is 19.1 Å². The first-order chi connectivity index (χ1) is 14.1. The summed E-state index contributed by atoms with van der Waals surface area (Å²) in [5.74, 6) is 0.0975. The number of rotatable bonds is 5. The van der Waals surface area contributed by atoms with Crippen LogP contribution in [0.15, 0.2) is 59.7 Å². The zero-order valence-corrected chi connectivity index (χ0v) is 16.8. The van der Waals surface area contributed by atoms with E-state index in [4.69, 9.17) is 0 Å². The number of benzene rings is 2. The number of carbonyl (C=O) groups excluding carboxylic acids is 1. The van der Waals surface area contributed by atoms with E-state index in [1.807, 2.05) is 23.1 Å². The van der Waals surface area contributed by atoms with Gasteiger partial charge in [0, 0.05) is 45.7 Å². The van der Waals surface area contributed by atoms with E-state index in [9.17, 15) is 9.59 Å². The molecule has 0 bridgehead atoms. The van der Waals surface area contributed by atoms with Crippen LogP contribution >= 0.6 is 0 Å². The molecule has 1 aliphatic rings. The Hall–Kier alpha value is -2.99. The lowest BCUT2D eigenvalue weighted by Crippen LogP contribution is -2.48. The molecule has 1 aromatic heterocycles. The molecule has 6 nitrogen and oxygen atoms in total. The zero-order chi connectivity index (χ0) is 20.2. The highest BCUT2D eigenvalue weighted by Gasteiger charge is 2.21. The van der Waals surface area contributed by atoms with Crippen LogP contribution < -0.4 is 5.56 Å². The number of aromatic nitrogens is 2. The van der Waals surface area contributed by atoms with Crippen LogP contribution in [0, 0.1) is 6.92 Å². The first-order valence-corrected chi connectivity index (χ1v) is 10.1. The molecule has 6 heteroatoms.